The maximum Gasteiger partial charge on any atom is 0.246 e. The predicted octanol–water partition coefficient (Wildman–Crippen LogP) is -1.45. The zero-order chi connectivity index (χ0) is 26.6. The zero-order valence-electron chi connectivity index (χ0n) is 21.1. The van der Waals surface area contributed by atoms with Gasteiger partial charge in [0.15, 0.2) is 0 Å². The highest BCUT2D eigenvalue weighted by Gasteiger charge is 2.44. The molecular formula is C23H37N5O7S. The van der Waals surface area contributed by atoms with Gasteiger partial charge in [-0.2, -0.15) is 0 Å². The average molecular weight is 528 g/mol. The lowest BCUT2D eigenvalue weighted by molar-refractivity contribution is -0.147. The number of fused-ring (bicyclic) bond motifs is 2. The summed E-state index contributed by atoms with van der Waals surface area (Å²) in [5.74, 6) is -2.79. The van der Waals surface area contributed by atoms with Gasteiger partial charge in [0, 0.05) is 25.9 Å². The van der Waals surface area contributed by atoms with Gasteiger partial charge in [-0.05, 0) is 38.0 Å². The van der Waals surface area contributed by atoms with Crippen LogP contribution in [0.4, 0.5) is 0 Å². The van der Waals surface area contributed by atoms with Crippen LogP contribution in [0.15, 0.2) is 0 Å². The van der Waals surface area contributed by atoms with Crippen LogP contribution in [0.2, 0.25) is 0 Å². The first-order valence-corrected chi connectivity index (χ1v) is 14.6. The third-order valence-corrected chi connectivity index (χ3v) is 7.98. The van der Waals surface area contributed by atoms with Crippen LogP contribution in [0.1, 0.15) is 52.4 Å². The van der Waals surface area contributed by atoms with E-state index in [0.29, 0.717) is 38.8 Å². The summed E-state index contributed by atoms with van der Waals surface area (Å²) in [5.41, 5.74) is 0. The van der Waals surface area contributed by atoms with Gasteiger partial charge in [-0.3, -0.25) is 24.0 Å². The molecule has 0 aromatic carbocycles. The van der Waals surface area contributed by atoms with Crippen molar-refractivity contribution in [3.63, 3.8) is 0 Å². The van der Waals surface area contributed by atoms with Crippen molar-refractivity contribution in [1.82, 2.24) is 25.8 Å². The molecule has 0 bridgehead atoms. The van der Waals surface area contributed by atoms with Gasteiger partial charge in [0.1, 0.15) is 34.0 Å². The Bertz CT molecular complexity index is 989. The summed E-state index contributed by atoms with van der Waals surface area (Å²) in [6.45, 7) is 4.32. The fourth-order valence-electron chi connectivity index (χ4n) is 5.03. The van der Waals surface area contributed by atoms with E-state index >= 15 is 0 Å². The predicted molar refractivity (Wildman–Crippen MR) is 130 cm³/mol. The highest BCUT2D eigenvalue weighted by molar-refractivity contribution is 7.90. The van der Waals surface area contributed by atoms with Crippen molar-refractivity contribution in [3.8, 4) is 0 Å². The second-order valence-corrected chi connectivity index (χ2v) is 12.5. The summed E-state index contributed by atoms with van der Waals surface area (Å²) < 4.78 is 22.7. The molecule has 3 rings (SSSR count). The normalized spacial score (nSPS) is 28.0. The van der Waals surface area contributed by atoms with Crippen LogP contribution in [0.5, 0.6) is 0 Å². The van der Waals surface area contributed by atoms with Gasteiger partial charge in [-0.15, -0.1) is 0 Å². The van der Waals surface area contributed by atoms with E-state index in [-0.39, 0.29) is 37.0 Å². The summed E-state index contributed by atoms with van der Waals surface area (Å²) in [6.07, 6.45) is 3.16. The molecular weight excluding hydrogens is 490 g/mol. The highest BCUT2D eigenvalue weighted by atomic mass is 32.2. The van der Waals surface area contributed by atoms with E-state index in [1.807, 2.05) is 0 Å². The van der Waals surface area contributed by atoms with Gasteiger partial charge in [0.05, 0.1) is 12.2 Å². The van der Waals surface area contributed by atoms with E-state index in [4.69, 9.17) is 0 Å². The summed E-state index contributed by atoms with van der Waals surface area (Å²) >= 11 is 0. The highest BCUT2D eigenvalue weighted by Crippen LogP contribution is 2.26. The minimum Gasteiger partial charge on any atom is -0.354 e. The largest absolute Gasteiger partial charge is 0.354 e. The molecule has 3 N–H and O–H groups in total. The van der Waals surface area contributed by atoms with Crippen LogP contribution in [-0.4, -0.2) is 104 Å². The van der Waals surface area contributed by atoms with Crippen LogP contribution < -0.4 is 16.0 Å². The minimum absolute atomic E-state index is 0.0538. The summed E-state index contributed by atoms with van der Waals surface area (Å²) in [5, 5.41) is 7.96. The molecule has 0 unspecified atom stereocenters. The van der Waals surface area contributed by atoms with Crippen LogP contribution in [0.25, 0.3) is 0 Å². The number of carbonyl (C=O) groups is 5. The molecule has 13 heteroatoms. The molecule has 3 heterocycles. The van der Waals surface area contributed by atoms with Crippen molar-refractivity contribution in [1.29, 1.82) is 0 Å². The first kappa shape index (κ1) is 27.9. The first-order chi connectivity index (χ1) is 16.9. The van der Waals surface area contributed by atoms with Crippen LogP contribution >= 0.6 is 0 Å². The molecule has 3 saturated heterocycles. The summed E-state index contributed by atoms with van der Waals surface area (Å²) in [6, 6.07) is -3.62. The summed E-state index contributed by atoms with van der Waals surface area (Å²) in [4.78, 5) is 68.9. The number of nitrogens with zero attached hydrogens (tertiary/aromatic N) is 2. The van der Waals surface area contributed by atoms with Crippen molar-refractivity contribution in [2.24, 2.45) is 5.92 Å². The van der Waals surface area contributed by atoms with Crippen molar-refractivity contribution in [2.75, 3.05) is 31.6 Å². The number of rotatable bonds is 6. The van der Waals surface area contributed by atoms with Crippen molar-refractivity contribution < 1.29 is 32.4 Å². The lowest BCUT2D eigenvalue weighted by Crippen LogP contribution is -2.58. The molecule has 202 valence electrons. The maximum absolute atomic E-state index is 13.4. The topological polar surface area (TPSA) is 162 Å². The smallest absolute Gasteiger partial charge is 0.246 e. The van der Waals surface area contributed by atoms with Crippen molar-refractivity contribution in [3.05, 3.63) is 0 Å². The number of sulfone groups is 1. The van der Waals surface area contributed by atoms with Gasteiger partial charge in [-0.1, -0.05) is 13.8 Å². The Balaban J connectivity index is 1.86. The number of nitrogens with one attached hydrogen (secondary N) is 3. The molecule has 0 spiro atoms. The van der Waals surface area contributed by atoms with Crippen LogP contribution in [-0.2, 0) is 33.8 Å². The standard InChI is InChI=1S/C23H37N5O7S/c1-14(2)19-22(32)25-15(20(30)24-9-6-12-36(3,34)35)13-18(29)27-10-5-8-17(27)23(33)28-11-4-7-16(28)21(31)26-19/h14-17,19H,4-13H2,1-3H3,(H,24,30)(H,25,32)(H,26,31)/t15-,16-,17+,19+/m1/s1. The molecule has 0 saturated carbocycles. The third-order valence-electron chi connectivity index (χ3n) is 6.95. The molecule has 0 aliphatic carbocycles. The van der Waals surface area contributed by atoms with E-state index in [0.717, 1.165) is 6.26 Å². The van der Waals surface area contributed by atoms with E-state index in [2.05, 4.69) is 16.0 Å². The van der Waals surface area contributed by atoms with Crippen LogP contribution in [0.3, 0.4) is 0 Å². The Hall–Kier alpha value is -2.70. The SMILES string of the molecule is CC(C)[C@@H]1NC(=O)[C@H]2CCCN2C(=O)[C@@H]2CCCN2C(=O)C[C@H](C(=O)NCCCS(C)(=O)=O)NC1=O. The monoisotopic (exact) mass is 527 g/mol. The Labute approximate surface area is 211 Å². The quantitative estimate of drug-likeness (QED) is 0.356. The Morgan fingerprint density at radius 1 is 1.00 bits per heavy atom. The van der Waals surface area contributed by atoms with E-state index in [1.54, 1.807) is 13.8 Å². The van der Waals surface area contributed by atoms with E-state index < -0.39 is 57.6 Å². The molecule has 0 aromatic heterocycles. The molecule has 3 fully saturated rings. The van der Waals surface area contributed by atoms with Crippen molar-refractivity contribution in [2.45, 2.75) is 76.5 Å². The first-order valence-electron chi connectivity index (χ1n) is 12.5. The second kappa shape index (κ2) is 11.6. The number of hydrogen-bond donors (Lipinski definition) is 3. The third kappa shape index (κ3) is 6.74. The molecule has 3 aliphatic rings. The van der Waals surface area contributed by atoms with Gasteiger partial charge in [0.25, 0.3) is 0 Å². The molecule has 0 radical (unpaired) electrons. The van der Waals surface area contributed by atoms with Gasteiger partial charge >= 0.3 is 0 Å². The molecule has 36 heavy (non-hydrogen) atoms. The number of carbonyl (C=O) groups excluding carboxylic acids is 5. The fourth-order valence-corrected chi connectivity index (χ4v) is 5.70. The maximum atomic E-state index is 13.4. The lowest BCUT2D eigenvalue weighted by atomic mass is 10.0. The Morgan fingerprint density at radius 2 is 1.64 bits per heavy atom. The zero-order valence-corrected chi connectivity index (χ0v) is 21.9. The second-order valence-electron chi connectivity index (χ2n) is 10.2. The molecule has 4 atom stereocenters. The summed E-state index contributed by atoms with van der Waals surface area (Å²) in [7, 11) is -3.20. The van der Waals surface area contributed by atoms with Crippen LogP contribution in [0, 0.1) is 5.92 Å². The minimum atomic E-state index is -3.20. The molecule has 0 aromatic rings. The van der Waals surface area contributed by atoms with Gasteiger partial charge in [-0.25, -0.2) is 8.42 Å². The van der Waals surface area contributed by atoms with Gasteiger partial charge in [0.2, 0.25) is 29.5 Å². The fraction of sp³-hybridized carbons (Fsp3) is 0.783. The van der Waals surface area contributed by atoms with E-state index in [1.165, 1.54) is 9.80 Å². The Morgan fingerprint density at radius 3 is 2.28 bits per heavy atom. The molecule has 5 amide bonds. The number of amides is 5. The average Bonchev–Trinajstić information content (AvgIpc) is 3.47. The number of hydrogen-bond acceptors (Lipinski definition) is 7. The molecule has 12 nitrogen and oxygen atoms in total. The lowest BCUT2D eigenvalue weighted by Gasteiger charge is -2.31. The molecule has 3 aliphatic heterocycles. The Kier molecular flexibility index (Phi) is 8.96. The van der Waals surface area contributed by atoms with Crippen molar-refractivity contribution >= 4 is 39.4 Å². The van der Waals surface area contributed by atoms with Gasteiger partial charge < -0.3 is 25.8 Å². The van der Waals surface area contributed by atoms with E-state index in [9.17, 15) is 32.4 Å².